The maximum atomic E-state index is 11.8. The smallest absolute Gasteiger partial charge is 0.204 e. The van der Waals surface area contributed by atoms with Gasteiger partial charge in [0.1, 0.15) is 0 Å². The van der Waals surface area contributed by atoms with Crippen LogP contribution in [0.15, 0.2) is 0 Å². The van der Waals surface area contributed by atoms with Crippen LogP contribution in [0.25, 0.3) is 0 Å². The molecule has 1 radical (unpaired) electrons. The van der Waals surface area contributed by atoms with Gasteiger partial charge in [-0.15, -0.1) is 0 Å². The van der Waals surface area contributed by atoms with Crippen LogP contribution in [0, 0.1) is 11.5 Å². The number of rotatable bonds is 0. The Morgan fingerprint density at radius 1 is 1.86 bits per heavy atom. The summed E-state index contributed by atoms with van der Waals surface area (Å²) in [5.74, 6) is -0.633. The van der Waals surface area contributed by atoms with Gasteiger partial charge in [0.2, 0.25) is 5.95 Å². The summed E-state index contributed by atoms with van der Waals surface area (Å²) in [6.07, 6.45) is 0. The monoisotopic (exact) mass is 136 g/mol. The van der Waals surface area contributed by atoms with E-state index in [1.165, 1.54) is 0 Å². The largest absolute Gasteiger partial charge is 0.243 e. The van der Waals surface area contributed by atoms with Crippen molar-refractivity contribution in [3.05, 3.63) is 15.8 Å². The Hall–Kier alpha value is -0.150. The van der Waals surface area contributed by atoms with E-state index in [-0.39, 0.29) is 4.34 Å². The van der Waals surface area contributed by atoms with Gasteiger partial charge in [0.25, 0.3) is 0 Å². The molecule has 0 N–H and O–H groups in total. The second-order valence-electron chi connectivity index (χ2n) is 0.870. The molecule has 0 atom stereocenters. The summed E-state index contributed by atoms with van der Waals surface area (Å²) in [6.45, 7) is 0. The molecule has 0 unspecified atom stereocenters. The van der Waals surface area contributed by atoms with E-state index in [1.807, 2.05) is 0 Å². The number of halogens is 2. The van der Waals surface area contributed by atoms with Crippen molar-refractivity contribution in [2.75, 3.05) is 0 Å². The van der Waals surface area contributed by atoms with E-state index in [1.54, 1.807) is 0 Å². The molecule has 0 fully saturated rings. The van der Waals surface area contributed by atoms with Crippen molar-refractivity contribution in [2.24, 2.45) is 0 Å². The van der Waals surface area contributed by atoms with E-state index in [0.717, 1.165) is 11.3 Å². The van der Waals surface area contributed by atoms with E-state index in [2.05, 4.69) is 10.5 Å². The van der Waals surface area contributed by atoms with Gasteiger partial charge >= 0.3 is 0 Å². The van der Waals surface area contributed by atoms with Crippen molar-refractivity contribution in [1.29, 1.82) is 0 Å². The molecule has 0 amide bonds. The highest BCUT2D eigenvalue weighted by molar-refractivity contribution is 7.13. The molecule has 0 aliphatic rings. The lowest BCUT2D eigenvalue weighted by Gasteiger charge is -1.69. The van der Waals surface area contributed by atoms with E-state index in [4.69, 9.17) is 11.6 Å². The molecule has 0 aromatic carbocycles. The summed E-state index contributed by atoms with van der Waals surface area (Å²) < 4.78 is 11.9. The van der Waals surface area contributed by atoms with Gasteiger partial charge in [-0.1, -0.05) is 22.9 Å². The highest BCUT2D eigenvalue weighted by atomic mass is 35.5. The van der Waals surface area contributed by atoms with Crippen molar-refractivity contribution < 1.29 is 4.39 Å². The molecular weight excluding hydrogens is 137 g/mol. The van der Waals surface area contributed by atoms with Gasteiger partial charge in [-0.2, -0.15) is 4.39 Å². The minimum atomic E-state index is -0.633. The third-order valence-electron chi connectivity index (χ3n) is 0.441. The maximum absolute atomic E-state index is 11.8. The molecule has 4 heteroatoms. The van der Waals surface area contributed by atoms with E-state index in [0.29, 0.717) is 0 Å². The average Bonchev–Trinajstić information content (AvgIpc) is 1.91. The Morgan fingerprint density at radius 2 is 2.57 bits per heavy atom. The molecule has 0 saturated carbocycles. The van der Waals surface area contributed by atoms with E-state index in [9.17, 15) is 4.39 Å². The predicted octanol–water partition coefficient (Wildman–Crippen LogP) is 1.74. The minimum Gasteiger partial charge on any atom is -0.204 e. The fraction of sp³-hybridized carbons (Fsp3) is 0. The molecule has 1 heterocycles. The number of hydrogen-bond donors (Lipinski definition) is 0. The lowest BCUT2D eigenvalue weighted by molar-refractivity contribution is 0.592. The normalized spacial score (nSPS) is 9.43. The number of hydrogen-bond acceptors (Lipinski definition) is 2. The Morgan fingerprint density at radius 3 is 2.71 bits per heavy atom. The number of nitrogens with zero attached hydrogens (tertiary/aromatic N) is 1. The second-order valence-corrected chi connectivity index (χ2v) is 2.27. The van der Waals surface area contributed by atoms with Crippen LogP contribution in [0.5, 0.6) is 0 Å². The Labute approximate surface area is 48.8 Å². The van der Waals surface area contributed by atoms with Gasteiger partial charge in [-0.25, -0.2) is 4.98 Å². The summed E-state index contributed by atoms with van der Waals surface area (Å²) in [6, 6.07) is 0. The highest BCUT2D eigenvalue weighted by Crippen LogP contribution is 2.16. The Bertz CT molecular complexity index is 147. The van der Waals surface area contributed by atoms with Crippen LogP contribution in [0.4, 0.5) is 4.39 Å². The van der Waals surface area contributed by atoms with Crippen molar-refractivity contribution in [1.82, 2.24) is 4.98 Å². The lowest BCUT2D eigenvalue weighted by Crippen LogP contribution is -1.65. The van der Waals surface area contributed by atoms with Gasteiger partial charge in [-0.3, -0.25) is 0 Å². The van der Waals surface area contributed by atoms with Crippen LogP contribution < -0.4 is 0 Å². The van der Waals surface area contributed by atoms with Gasteiger partial charge in [0.05, 0.1) is 0 Å². The Kier molecular flexibility index (Phi) is 1.25. The average molecular weight is 137 g/mol. The summed E-state index contributed by atoms with van der Waals surface area (Å²) in [5, 5.41) is 0. The molecule has 1 nitrogen and oxygen atoms in total. The first-order valence-electron chi connectivity index (χ1n) is 1.48. The zero-order valence-corrected chi connectivity index (χ0v) is 4.68. The minimum absolute atomic E-state index is 0.0694. The van der Waals surface area contributed by atoms with Crippen LogP contribution in [-0.4, -0.2) is 4.98 Å². The first kappa shape index (κ1) is 5.00. The van der Waals surface area contributed by atoms with Crippen LogP contribution in [0.2, 0.25) is 4.34 Å². The zero-order chi connectivity index (χ0) is 5.28. The van der Waals surface area contributed by atoms with Crippen molar-refractivity contribution in [2.45, 2.75) is 0 Å². The molecule has 0 aliphatic carbocycles. The molecule has 1 aromatic heterocycles. The Balaban J connectivity index is 3.12. The van der Waals surface area contributed by atoms with Gasteiger partial charge in [0.15, 0.2) is 9.85 Å². The van der Waals surface area contributed by atoms with Crippen molar-refractivity contribution >= 4 is 22.9 Å². The number of aromatic nitrogens is 1. The van der Waals surface area contributed by atoms with Crippen LogP contribution in [0.3, 0.4) is 0 Å². The predicted molar refractivity (Wildman–Crippen MR) is 25.9 cm³/mol. The third-order valence-corrected chi connectivity index (χ3v) is 1.36. The first-order valence-corrected chi connectivity index (χ1v) is 2.68. The molecular formula is C3ClFNS. The SMILES string of the molecule is Fc1n[c]sc1Cl. The maximum Gasteiger partial charge on any atom is 0.243 e. The molecule has 0 aliphatic heterocycles. The van der Waals surface area contributed by atoms with Crippen LogP contribution in [0.1, 0.15) is 0 Å². The summed E-state index contributed by atoms with van der Waals surface area (Å²) in [7, 11) is 0. The lowest BCUT2D eigenvalue weighted by atomic mass is 10.9. The molecule has 1 rings (SSSR count). The molecule has 0 spiro atoms. The van der Waals surface area contributed by atoms with Gasteiger partial charge in [-0.05, 0) is 0 Å². The first-order chi connectivity index (χ1) is 3.30. The molecule has 0 bridgehead atoms. The summed E-state index contributed by atoms with van der Waals surface area (Å²) >= 11 is 6.13. The molecule has 37 valence electrons. The fourth-order valence-corrected chi connectivity index (χ4v) is 0.671. The van der Waals surface area contributed by atoms with Crippen molar-refractivity contribution in [3.63, 3.8) is 0 Å². The third kappa shape index (κ3) is 0.894. The quantitative estimate of drug-likeness (QED) is 0.530. The van der Waals surface area contributed by atoms with Gasteiger partial charge in [0, 0.05) is 0 Å². The van der Waals surface area contributed by atoms with Crippen molar-refractivity contribution in [3.8, 4) is 0 Å². The zero-order valence-electron chi connectivity index (χ0n) is 3.11. The van der Waals surface area contributed by atoms with Crippen LogP contribution in [-0.2, 0) is 0 Å². The molecule has 0 saturated heterocycles. The molecule has 7 heavy (non-hydrogen) atoms. The van der Waals surface area contributed by atoms with E-state index < -0.39 is 5.95 Å². The van der Waals surface area contributed by atoms with Gasteiger partial charge < -0.3 is 0 Å². The topological polar surface area (TPSA) is 12.9 Å². The van der Waals surface area contributed by atoms with E-state index >= 15 is 0 Å². The standard InChI is InChI=1S/C3ClFNS/c4-2-3(5)6-1-7-2. The second kappa shape index (κ2) is 1.76. The number of thiazole rings is 1. The summed E-state index contributed by atoms with van der Waals surface area (Å²) in [4.78, 5) is 3.11. The highest BCUT2D eigenvalue weighted by Gasteiger charge is 1.97. The van der Waals surface area contributed by atoms with Crippen LogP contribution >= 0.6 is 22.9 Å². The summed E-state index contributed by atoms with van der Waals surface area (Å²) in [5.41, 5.74) is 2.28. The molecule has 1 aromatic rings. The fourth-order valence-electron chi connectivity index (χ4n) is 0.189.